The van der Waals surface area contributed by atoms with Crippen LogP contribution in [0.25, 0.3) is 17.1 Å². The molecule has 1 amide bonds. The van der Waals surface area contributed by atoms with E-state index in [-0.39, 0.29) is 11.7 Å². The molecule has 33 heavy (non-hydrogen) atoms. The predicted octanol–water partition coefficient (Wildman–Crippen LogP) is 5.08. The molecular weight excluding hydrogens is 434 g/mol. The summed E-state index contributed by atoms with van der Waals surface area (Å²) in [5, 5.41) is 12.5. The second kappa shape index (κ2) is 10.3. The Bertz CT molecular complexity index is 1220. The smallest absolute Gasteiger partial charge is 0.234 e. The van der Waals surface area contributed by atoms with Crippen LogP contribution in [0.2, 0.25) is 0 Å². The molecule has 4 aromatic rings. The molecular formula is C25H25N5O2S. The number of aryl methyl sites for hydroxylation is 2. The molecule has 2 aromatic carbocycles. The molecule has 0 fully saturated rings. The van der Waals surface area contributed by atoms with E-state index < -0.39 is 0 Å². The Morgan fingerprint density at radius 3 is 2.36 bits per heavy atom. The molecule has 0 aliphatic rings. The third kappa shape index (κ3) is 5.23. The first kappa shape index (κ1) is 22.5. The van der Waals surface area contributed by atoms with Gasteiger partial charge in [-0.2, -0.15) is 0 Å². The lowest BCUT2D eigenvalue weighted by Crippen LogP contribution is -2.16. The summed E-state index contributed by atoms with van der Waals surface area (Å²) in [5.74, 6) is 1.59. The summed E-state index contributed by atoms with van der Waals surface area (Å²) in [4.78, 5) is 16.8. The van der Waals surface area contributed by atoms with Gasteiger partial charge >= 0.3 is 0 Å². The predicted molar refractivity (Wildman–Crippen MR) is 131 cm³/mol. The number of rotatable bonds is 8. The lowest BCUT2D eigenvalue weighted by molar-refractivity contribution is -0.113. The molecule has 0 spiro atoms. The molecule has 0 saturated heterocycles. The van der Waals surface area contributed by atoms with Gasteiger partial charge in [0.1, 0.15) is 5.75 Å². The minimum atomic E-state index is -0.0934. The number of hydrogen-bond acceptors (Lipinski definition) is 6. The molecule has 2 aromatic heterocycles. The van der Waals surface area contributed by atoms with Crippen molar-refractivity contribution in [2.24, 2.45) is 0 Å². The van der Waals surface area contributed by atoms with E-state index in [4.69, 9.17) is 4.74 Å². The van der Waals surface area contributed by atoms with Crippen LogP contribution in [0.3, 0.4) is 0 Å². The highest BCUT2D eigenvalue weighted by Crippen LogP contribution is 2.29. The van der Waals surface area contributed by atoms with Crippen LogP contribution < -0.4 is 10.1 Å². The van der Waals surface area contributed by atoms with Gasteiger partial charge in [0, 0.05) is 29.3 Å². The largest absolute Gasteiger partial charge is 0.494 e. The highest BCUT2D eigenvalue weighted by molar-refractivity contribution is 7.99. The Labute approximate surface area is 197 Å². The number of benzene rings is 2. The molecule has 0 unspecified atom stereocenters. The molecule has 8 heteroatoms. The van der Waals surface area contributed by atoms with Gasteiger partial charge in [-0.15, -0.1) is 10.2 Å². The zero-order valence-corrected chi connectivity index (χ0v) is 19.6. The average molecular weight is 460 g/mol. The Morgan fingerprint density at radius 2 is 1.70 bits per heavy atom. The van der Waals surface area contributed by atoms with Gasteiger partial charge in [0.25, 0.3) is 0 Å². The molecule has 0 bridgehead atoms. The standard InChI is InChI=1S/C25H25N5O2S/c1-4-32-21-10-8-20(9-11-21)30-24(19-12-14-26-15-13-19)28-29-25(30)33-16-22(31)27-23-17(2)6-5-7-18(23)3/h5-15H,4,16H2,1-3H3,(H,27,31). The average Bonchev–Trinajstić information content (AvgIpc) is 3.25. The summed E-state index contributed by atoms with van der Waals surface area (Å²) in [7, 11) is 0. The SMILES string of the molecule is CCOc1ccc(-n2c(SCC(=O)Nc3c(C)cccc3C)nnc2-c2ccncc2)cc1. The zero-order chi connectivity index (χ0) is 23.2. The molecule has 0 saturated carbocycles. The molecule has 4 rings (SSSR count). The number of para-hydroxylation sites is 1. The van der Waals surface area contributed by atoms with Crippen molar-refractivity contribution < 1.29 is 9.53 Å². The number of nitrogens with one attached hydrogen (secondary N) is 1. The lowest BCUT2D eigenvalue weighted by atomic mass is 10.1. The van der Waals surface area contributed by atoms with Crippen LogP contribution in [0.5, 0.6) is 5.75 Å². The van der Waals surface area contributed by atoms with E-state index in [1.165, 1.54) is 11.8 Å². The van der Waals surface area contributed by atoms with Gasteiger partial charge in [-0.3, -0.25) is 14.3 Å². The van der Waals surface area contributed by atoms with Crippen molar-refractivity contribution >= 4 is 23.4 Å². The number of nitrogens with zero attached hydrogens (tertiary/aromatic N) is 4. The summed E-state index contributed by atoms with van der Waals surface area (Å²) in [6.45, 7) is 6.52. The number of anilines is 1. The van der Waals surface area contributed by atoms with Crippen LogP contribution >= 0.6 is 11.8 Å². The summed E-state index contributed by atoms with van der Waals surface area (Å²) < 4.78 is 7.52. The number of pyridine rings is 1. The summed E-state index contributed by atoms with van der Waals surface area (Å²) in [6.07, 6.45) is 3.44. The van der Waals surface area contributed by atoms with Gasteiger partial charge in [-0.1, -0.05) is 30.0 Å². The van der Waals surface area contributed by atoms with Crippen molar-refractivity contribution in [1.82, 2.24) is 19.7 Å². The number of ether oxygens (including phenoxy) is 1. The Morgan fingerprint density at radius 1 is 1.00 bits per heavy atom. The van der Waals surface area contributed by atoms with Crippen LogP contribution in [0.1, 0.15) is 18.1 Å². The van der Waals surface area contributed by atoms with E-state index in [2.05, 4.69) is 20.5 Å². The lowest BCUT2D eigenvalue weighted by Gasteiger charge is -2.13. The maximum atomic E-state index is 12.7. The highest BCUT2D eigenvalue weighted by atomic mass is 32.2. The van der Waals surface area contributed by atoms with Crippen molar-refractivity contribution in [2.75, 3.05) is 17.7 Å². The quantitative estimate of drug-likeness (QED) is 0.370. The minimum Gasteiger partial charge on any atom is -0.494 e. The molecule has 1 N–H and O–H groups in total. The van der Waals surface area contributed by atoms with E-state index in [0.717, 1.165) is 33.8 Å². The molecule has 0 aliphatic heterocycles. The van der Waals surface area contributed by atoms with Gasteiger partial charge in [0.2, 0.25) is 5.91 Å². The Hall–Kier alpha value is -3.65. The van der Waals surface area contributed by atoms with E-state index in [0.29, 0.717) is 17.6 Å². The van der Waals surface area contributed by atoms with Crippen LogP contribution in [-0.2, 0) is 4.79 Å². The number of aromatic nitrogens is 4. The molecule has 7 nitrogen and oxygen atoms in total. The summed E-state index contributed by atoms with van der Waals surface area (Å²) in [5.41, 5.74) is 4.69. The minimum absolute atomic E-state index is 0.0934. The van der Waals surface area contributed by atoms with Crippen molar-refractivity contribution in [1.29, 1.82) is 0 Å². The first-order valence-electron chi connectivity index (χ1n) is 10.6. The van der Waals surface area contributed by atoms with Gasteiger partial charge in [0.15, 0.2) is 11.0 Å². The number of amides is 1. The van der Waals surface area contributed by atoms with Gasteiger partial charge in [-0.25, -0.2) is 0 Å². The maximum Gasteiger partial charge on any atom is 0.234 e. The molecule has 2 heterocycles. The van der Waals surface area contributed by atoms with E-state index in [9.17, 15) is 4.79 Å². The number of carbonyl (C=O) groups is 1. The van der Waals surface area contributed by atoms with Crippen molar-refractivity contribution in [3.63, 3.8) is 0 Å². The van der Waals surface area contributed by atoms with E-state index in [1.54, 1.807) is 12.4 Å². The molecule has 0 atom stereocenters. The van der Waals surface area contributed by atoms with Gasteiger partial charge in [-0.05, 0) is 68.3 Å². The number of thioether (sulfide) groups is 1. The fourth-order valence-electron chi connectivity index (χ4n) is 3.46. The van der Waals surface area contributed by atoms with E-state index >= 15 is 0 Å². The van der Waals surface area contributed by atoms with Crippen LogP contribution in [0.15, 0.2) is 72.1 Å². The maximum absolute atomic E-state index is 12.7. The van der Waals surface area contributed by atoms with Gasteiger partial charge in [0.05, 0.1) is 12.4 Å². The molecule has 0 radical (unpaired) electrons. The van der Waals surface area contributed by atoms with Crippen LogP contribution in [-0.4, -0.2) is 38.0 Å². The van der Waals surface area contributed by atoms with E-state index in [1.807, 2.05) is 79.9 Å². The summed E-state index contributed by atoms with van der Waals surface area (Å²) in [6, 6.07) is 17.5. The third-order valence-corrected chi connectivity index (χ3v) is 5.98. The fraction of sp³-hybridized carbons (Fsp3) is 0.200. The Kier molecular flexibility index (Phi) is 7.04. The zero-order valence-electron chi connectivity index (χ0n) is 18.8. The van der Waals surface area contributed by atoms with Crippen LogP contribution in [0.4, 0.5) is 5.69 Å². The number of carbonyl (C=O) groups excluding carboxylic acids is 1. The monoisotopic (exact) mass is 459 g/mol. The summed E-state index contributed by atoms with van der Waals surface area (Å²) >= 11 is 1.34. The highest BCUT2D eigenvalue weighted by Gasteiger charge is 2.18. The second-order valence-corrected chi connectivity index (χ2v) is 8.35. The van der Waals surface area contributed by atoms with Crippen LogP contribution in [0, 0.1) is 13.8 Å². The first-order chi connectivity index (χ1) is 16.1. The molecule has 168 valence electrons. The van der Waals surface area contributed by atoms with Crippen molar-refractivity contribution in [3.05, 3.63) is 78.1 Å². The van der Waals surface area contributed by atoms with Crippen molar-refractivity contribution in [2.45, 2.75) is 25.9 Å². The first-order valence-corrected chi connectivity index (χ1v) is 11.6. The Balaban J connectivity index is 1.60. The van der Waals surface area contributed by atoms with Gasteiger partial charge < -0.3 is 10.1 Å². The third-order valence-electron chi connectivity index (χ3n) is 5.06. The fourth-order valence-corrected chi connectivity index (χ4v) is 4.21. The molecule has 0 aliphatic carbocycles. The number of hydrogen-bond donors (Lipinski definition) is 1. The topological polar surface area (TPSA) is 81.9 Å². The normalized spacial score (nSPS) is 10.8. The second-order valence-electron chi connectivity index (χ2n) is 7.41. The van der Waals surface area contributed by atoms with Crippen molar-refractivity contribution in [3.8, 4) is 22.8 Å².